The molecule has 7 aliphatic carbocycles. The van der Waals surface area contributed by atoms with Crippen LogP contribution in [0.25, 0.3) is 0 Å². The van der Waals surface area contributed by atoms with Gasteiger partial charge in [0.25, 0.3) is 0 Å². The fourth-order valence-corrected chi connectivity index (χ4v) is 14.2. The molecule has 2 heterocycles. The molecular formula is C44H68N2. The number of nitrogens with zero attached hydrogens (tertiary/aromatic N) is 2. The first kappa shape index (κ1) is 31.1. The van der Waals surface area contributed by atoms with Crippen LogP contribution in [0, 0.1) is 65.1 Å². The lowest BCUT2D eigenvalue weighted by atomic mass is 9.57. The van der Waals surface area contributed by atoms with Gasteiger partial charge in [0, 0.05) is 23.3 Å². The molecule has 0 aromatic rings. The minimum absolute atomic E-state index is 0.465. The van der Waals surface area contributed by atoms with Crippen LogP contribution in [0.15, 0.2) is 21.6 Å². The molecule has 0 N–H and O–H groups in total. The Morgan fingerprint density at radius 2 is 1.00 bits per heavy atom. The van der Waals surface area contributed by atoms with Crippen molar-refractivity contribution in [1.82, 2.24) is 0 Å². The SMILES string of the molecule is C1=C(C2CCCCC2)C2CCC3C(C4CCCCC4)CC(C4CCC5CCCCC5C4)=NC3C2N=C1C1CCC2CCCCC2C1. The molecule has 0 radical (unpaired) electrons. The van der Waals surface area contributed by atoms with Crippen molar-refractivity contribution in [2.45, 2.75) is 185 Å². The Bertz CT molecular complexity index is 1150. The number of hydrogen-bond acceptors (Lipinski definition) is 2. The van der Waals surface area contributed by atoms with Gasteiger partial charge in [0.1, 0.15) is 0 Å². The topological polar surface area (TPSA) is 24.7 Å². The van der Waals surface area contributed by atoms with Gasteiger partial charge in [0.2, 0.25) is 0 Å². The van der Waals surface area contributed by atoms with E-state index in [1.165, 1.54) is 173 Å². The maximum Gasteiger partial charge on any atom is 0.0794 e. The van der Waals surface area contributed by atoms with Crippen LogP contribution in [0.1, 0.15) is 173 Å². The first-order valence-corrected chi connectivity index (χ1v) is 21.6. The molecule has 2 aliphatic heterocycles. The van der Waals surface area contributed by atoms with Crippen LogP contribution in [0.3, 0.4) is 0 Å². The van der Waals surface area contributed by atoms with Crippen molar-refractivity contribution in [3.63, 3.8) is 0 Å². The van der Waals surface area contributed by atoms with Crippen LogP contribution in [0.2, 0.25) is 0 Å². The number of aliphatic imine (C=N–C) groups is 2. The summed E-state index contributed by atoms with van der Waals surface area (Å²) in [6, 6.07) is 0.957. The average molecular weight is 625 g/mol. The van der Waals surface area contributed by atoms with Crippen molar-refractivity contribution in [3.8, 4) is 0 Å². The van der Waals surface area contributed by atoms with Gasteiger partial charge in [-0.3, -0.25) is 9.98 Å². The number of hydrogen-bond donors (Lipinski definition) is 0. The van der Waals surface area contributed by atoms with Gasteiger partial charge >= 0.3 is 0 Å². The van der Waals surface area contributed by atoms with Crippen LogP contribution in [0.4, 0.5) is 0 Å². The van der Waals surface area contributed by atoms with Gasteiger partial charge in [-0.1, -0.05) is 108 Å². The molecule has 2 heteroatoms. The molecule has 11 atom stereocenters. The van der Waals surface area contributed by atoms with Gasteiger partial charge in [0.05, 0.1) is 12.1 Å². The summed E-state index contributed by atoms with van der Waals surface area (Å²) in [5.41, 5.74) is 5.22. The highest BCUT2D eigenvalue weighted by Gasteiger charge is 2.51. The summed E-state index contributed by atoms with van der Waals surface area (Å²) >= 11 is 0. The van der Waals surface area contributed by atoms with Gasteiger partial charge in [-0.05, 0) is 130 Å². The van der Waals surface area contributed by atoms with E-state index < -0.39 is 0 Å². The fraction of sp³-hybridized carbons (Fsp3) is 0.909. The molecule has 254 valence electrons. The summed E-state index contributed by atoms with van der Waals surface area (Å²) in [4.78, 5) is 12.2. The van der Waals surface area contributed by atoms with Gasteiger partial charge in [-0.2, -0.15) is 0 Å². The van der Waals surface area contributed by atoms with Crippen LogP contribution in [0.5, 0.6) is 0 Å². The minimum atomic E-state index is 0.465. The predicted octanol–water partition coefficient (Wildman–Crippen LogP) is 12.0. The van der Waals surface area contributed by atoms with Crippen molar-refractivity contribution in [3.05, 3.63) is 11.6 Å². The molecule has 0 saturated heterocycles. The van der Waals surface area contributed by atoms with Crippen molar-refractivity contribution < 1.29 is 0 Å². The monoisotopic (exact) mass is 625 g/mol. The zero-order valence-corrected chi connectivity index (χ0v) is 29.6. The zero-order chi connectivity index (χ0) is 30.5. The Balaban J connectivity index is 1.06. The molecule has 0 bridgehead atoms. The first-order chi connectivity index (χ1) is 22.8. The van der Waals surface area contributed by atoms with E-state index in [0.717, 1.165) is 59.2 Å². The highest BCUT2D eigenvalue weighted by molar-refractivity contribution is 5.98. The van der Waals surface area contributed by atoms with E-state index in [0.29, 0.717) is 18.0 Å². The normalized spacial score (nSPS) is 45.7. The van der Waals surface area contributed by atoms with E-state index in [1.807, 2.05) is 5.57 Å². The van der Waals surface area contributed by atoms with E-state index in [2.05, 4.69) is 6.08 Å². The average Bonchev–Trinajstić information content (AvgIpc) is 3.14. The smallest absolute Gasteiger partial charge is 0.0794 e. The molecule has 0 aromatic heterocycles. The Hall–Kier alpha value is -0.920. The summed E-state index contributed by atoms with van der Waals surface area (Å²) in [5.74, 6) is 9.84. The molecule has 0 aromatic carbocycles. The molecule has 9 rings (SSSR count). The molecule has 11 unspecified atom stereocenters. The Morgan fingerprint density at radius 3 is 1.72 bits per heavy atom. The summed E-state index contributed by atoms with van der Waals surface area (Å²) in [7, 11) is 0. The highest BCUT2D eigenvalue weighted by atomic mass is 15.0. The predicted molar refractivity (Wildman–Crippen MR) is 194 cm³/mol. The maximum atomic E-state index is 6.10. The first-order valence-electron chi connectivity index (χ1n) is 21.6. The molecule has 2 nitrogen and oxygen atoms in total. The maximum absolute atomic E-state index is 6.10. The van der Waals surface area contributed by atoms with Crippen molar-refractivity contribution >= 4 is 11.4 Å². The molecule has 0 spiro atoms. The number of fused-ring (bicyclic) bond motifs is 5. The number of rotatable bonds is 4. The van der Waals surface area contributed by atoms with Crippen LogP contribution >= 0.6 is 0 Å². The minimum Gasteiger partial charge on any atom is -0.288 e. The van der Waals surface area contributed by atoms with Crippen molar-refractivity contribution in [1.29, 1.82) is 0 Å². The second kappa shape index (κ2) is 13.8. The second-order valence-electron chi connectivity index (χ2n) is 18.9. The molecular weight excluding hydrogens is 556 g/mol. The molecule has 0 amide bonds. The van der Waals surface area contributed by atoms with E-state index >= 15 is 0 Å². The zero-order valence-electron chi connectivity index (χ0n) is 29.6. The molecule has 7 fully saturated rings. The molecule has 9 aliphatic rings. The number of allylic oxidation sites excluding steroid dienone is 1. The van der Waals surface area contributed by atoms with E-state index in [1.54, 1.807) is 11.4 Å². The second-order valence-corrected chi connectivity index (χ2v) is 18.9. The third kappa shape index (κ3) is 6.07. The third-order valence-electron chi connectivity index (χ3n) is 16.7. The van der Waals surface area contributed by atoms with Gasteiger partial charge in [0.15, 0.2) is 0 Å². The van der Waals surface area contributed by atoms with Gasteiger partial charge in [-0.15, -0.1) is 0 Å². The molecule has 7 saturated carbocycles. The Morgan fingerprint density at radius 1 is 0.413 bits per heavy atom. The quantitative estimate of drug-likeness (QED) is 0.297. The lowest BCUT2D eigenvalue weighted by Gasteiger charge is -2.52. The van der Waals surface area contributed by atoms with Crippen LogP contribution < -0.4 is 0 Å². The number of dihydropyridines is 1. The largest absolute Gasteiger partial charge is 0.288 e. The summed E-state index contributed by atoms with van der Waals surface area (Å²) < 4.78 is 0. The van der Waals surface area contributed by atoms with Crippen molar-refractivity contribution in [2.75, 3.05) is 0 Å². The van der Waals surface area contributed by atoms with Gasteiger partial charge in [-0.25, -0.2) is 0 Å². The van der Waals surface area contributed by atoms with Crippen LogP contribution in [-0.2, 0) is 0 Å². The standard InChI is InChI=1S/C44H68N2/c1-3-13-31(14-4-1)39-27-41(35-21-19-29-11-7-9-17-33(29)25-35)45-43-37(39)23-24-38-40(32-15-5-2-6-16-32)28-42(46-44(38)43)36-22-20-30-12-8-10-18-34(30)26-36/h27,29-38,40,43-44H,1-26,28H2. The van der Waals surface area contributed by atoms with Crippen molar-refractivity contribution in [2.24, 2.45) is 75.1 Å². The summed E-state index contributed by atoms with van der Waals surface area (Å²) in [5, 5.41) is 0. The fourth-order valence-electron chi connectivity index (χ4n) is 14.2. The summed E-state index contributed by atoms with van der Waals surface area (Å²) in [6.45, 7) is 0. The van der Waals surface area contributed by atoms with E-state index in [4.69, 9.17) is 9.98 Å². The Labute approximate surface area is 282 Å². The third-order valence-corrected chi connectivity index (χ3v) is 16.7. The lowest BCUT2D eigenvalue weighted by Crippen LogP contribution is -2.52. The highest BCUT2D eigenvalue weighted by Crippen LogP contribution is 2.54. The Kier molecular flexibility index (Phi) is 9.31. The van der Waals surface area contributed by atoms with Crippen LogP contribution in [-0.4, -0.2) is 23.5 Å². The van der Waals surface area contributed by atoms with E-state index in [9.17, 15) is 0 Å². The summed E-state index contributed by atoms with van der Waals surface area (Å²) in [6.07, 6.45) is 42.7. The van der Waals surface area contributed by atoms with Gasteiger partial charge < -0.3 is 0 Å². The molecule has 46 heavy (non-hydrogen) atoms. The van der Waals surface area contributed by atoms with E-state index in [-0.39, 0.29) is 0 Å². The lowest BCUT2D eigenvalue weighted by molar-refractivity contribution is 0.0891.